The van der Waals surface area contributed by atoms with Crippen LogP contribution in [0.2, 0.25) is 0 Å². The fourth-order valence-electron chi connectivity index (χ4n) is 0.507. The molecule has 10 heavy (non-hydrogen) atoms. The third-order valence-electron chi connectivity index (χ3n) is 1.18. The molecule has 4 heteroatoms. The van der Waals surface area contributed by atoms with E-state index >= 15 is 0 Å². The molecule has 0 heterocycles. The van der Waals surface area contributed by atoms with E-state index in [0.29, 0.717) is 0 Å². The fourth-order valence-corrected chi connectivity index (χ4v) is 0.507. The highest BCUT2D eigenvalue weighted by Gasteiger charge is 2.31. The minimum atomic E-state index is -2.35. The molecule has 0 aromatic carbocycles. The Kier molecular flexibility index (Phi) is 3.68. The van der Waals surface area contributed by atoms with Crippen molar-refractivity contribution >= 4 is 0 Å². The molecule has 62 valence electrons. The van der Waals surface area contributed by atoms with E-state index < -0.39 is 24.7 Å². The molecule has 0 nitrogen and oxygen atoms in total. The minimum Gasteiger partial charge on any atom is -0.244 e. The van der Waals surface area contributed by atoms with E-state index in [1.807, 2.05) is 0 Å². The van der Waals surface area contributed by atoms with Crippen molar-refractivity contribution in [1.29, 1.82) is 0 Å². The predicted octanol–water partition coefficient (Wildman–Crippen LogP) is 2.38. The Bertz CT molecular complexity index is 79.7. The molecule has 4 atom stereocenters. The van der Waals surface area contributed by atoms with Gasteiger partial charge in [-0.25, -0.2) is 17.6 Å². The average Bonchev–Trinajstić information content (AvgIpc) is 1.84. The summed E-state index contributed by atoms with van der Waals surface area (Å²) < 4.78 is 48.2. The van der Waals surface area contributed by atoms with Gasteiger partial charge in [0.15, 0.2) is 12.3 Å². The third-order valence-corrected chi connectivity index (χ3v) is 1.18. The second-order valence-corrected chi connectivity index (χ2v) is 2.24. The molecule has 0 saturated carbocycles. The van der Waals surface area contributed by atoms with Gasteiger partial charge in [0, 0.05) is 0 Å². The predicted molar refractivity (Wildman–Crippen MR) is 30.9 cm³/mol. The smallest absolute Gasteiger partial charge is 0.165 e. The lowest BCUT2D eigenvalue weighted by molar-refractivity contribution is 0.0453. The van der Waals surface area contributed by atoms with Crippen molar-refractivity contribution in [2.75, 3.05) is 0 Å². The first kappa shape index (κ1) is 9.72. The van der Waals surface area contributed by atoms with Gasteiger partial charge in [-0.2, -0.15) is 0 Å². The number of hydrogen-bond acceptors (Lipinski definition) is 0. The summed E-state index contributed by atoms with van der Waals surface area (Å²) in [6.45, 7) is 1.72. The molecule has 0 fully saturated rings. The van der Waals surface area contributed by atoms with Crippen LogP contribution in [-0.4, -0.2) is 24.7 Å². The average molecular weight is 158 g/mol. The van der Waals surface area contributed by atoms with Gasteiger partial charge in [0.05, 0.1) is 0 Å². The maximum absolute atomic E-state index is 12.2. The zero-order valence-electron chi connectivity index (χ0n) is 5.82. The lowest BCUT2D eigenvalue weighted by Crippen LogP contribution is -2.32. The monoisotopic (exact) mass is 158 g/mol. The van der Waals surface area contributed by atoms with Crippen LogP contribution >= 0.6 is 0 Å². The Morgan fingerprint density at radius 3 is 1.00 bits per heavy atom. The van der Waals surface area contributed by atoms with Gasteiger partial charge in [-0.1, -0.05) is 0 Å². The fraction of sp³-hybridized carbons (Fsp3) is 1.00. The van der Waals surface area contributed by atoms with Crippen LogP contribution < -0.4 is 0 Å². The standard InChI is InChI=1S/C6H10F4/c1-3(7)5(9)6(10)4(2)8/h3-6H,1-2H3/t3-,4-,5+,6+/m1/s1. The molecule has 0 rings (SSSR count). The molecule has 0 aliphatic rings. The van der Waals surface area contributed by atoms with Crippen molar-refractivity contribution in [3.05, 3.63) is 0 Å². The van der Waals surface area contributed by atoms with Gasteiger partial charge in [-0.15, -0.1) is 0 Å². The minimum absolute atomic E-state index is 0.861. The van der Waals surface area contributed by atoms with Crippen LogP contribution in [0.15, 0.2) is 0 Å². The van der Waals surface area contributed by atoms with Crippen molar-refractivity contribution in [3.63, 3.8) is 0 Å². The van der Waals surface area contributed by atoms with Crippen LogP contribution in [-0.2, 0) is 0 Å². The van der Waals surface area contributed by atoms with Gasteiger partial charge in [-0.3, -0.25) is 0 Å². The summed E-state index contributed by atoms with van der Waals surface area (Å²) in [7, 11) is 0. The molecule has 0 aliphatic heterocycles. The molecular weight excluding hydrogens is 148 g/mol. The molecule has 0 aromatic rings. The largest absolute Gasteiger partial charge is 0.244 e. The van der Waals surface area contributed by atoms with E-state index in [1.54, 1.807) is 0 Å². The summed E-state index contributed by atoms with van der Waals surface area (Å²) in [5, 5.41) is 0. The zero-order chi connectivity index (χ0) is 8.31. The van der Waals surface area contributed by atoms with Crippen molar-refractivity contribution < 1.29 is 17.6 Å². The second kappa shape index (κ2) is 3.78. The van der Waals surface area contributed by atoms with Crippen LogP contribution in [0.4, 0.5) is 17.6 Å². The molecule has 0 radical (unpaired) electrons. The lowest BCUT2D eigenvalue weighted by Gasteiger charge is -2.14. The highest BCUT2D eigenvalue weighted by Crippen LogP contribution is 2.16. The van der Waals surface area contributed by atoms with E-state index in [0.717, 1.165) is 13.8 Å². The van der Waals surface area contributed by atoms with Crippen LogP contribution in [0.3, 0.4) is 0 Å². The van der Waals surface area contributed by atoms with Crippen LogP contribution in [0.5, 0.6) is 0 Å². The van der Waals surface area contributed by atoms with E-state index in [2.05, 4.69) is 0 Å². The summed E-state index contributed by atoms with van der Waals surface area (Å²) in [4.78, 5) is 0. The number of rotatable bonds is 3. The summed E-state index contributed by atoms with van der Waals surface area (Å²) in [5.74, 6) is 0. The molecule has 0 amide bonds. The normalized spacial score (nSPS) is 23.4. The van der Waals surface area contributed by atoms with E-state index in [-0.39, 0.29) is 0 Å². The Morgan fingerprint density at radius 2 is 0.900 bits per heavy atom. The Balaban J connectivity index is 3.81. The number of halogens is 4. The van der Waals surface area contributed by atoms with Crippen molar-refractivity contribution in [2.45, 2.75) is 38.5 Å². The van der Waals surface area contributed by atoms with Gasteiger partial charge < -0.3 is 0 Å². The topological polar surface area (TPSA) is 0 Å². The van der Waals surface area contributed by atoms with E-state index in [9.17, 15) is 17.6 Å². The molecular formula is C6H10F4. The summed E-state index contributed by atoms with van der Waals surface area (Å²) >= 11 is 0. The molecule has 0 N–H and O–H groups in total. The van der Waals surface area contributed by atoms with Crippen LogP contribution in [0, 0.1) is 0 Å². The van der Waals surface area contributed by atoms with Crippen molar-refractivity contribution in [3.8, 4) is 0 Å². The summed E-state index contributed by atoms with van der Waals surface area (Å²) in [5.41, 5.74) is 0. The first-order chi connectivity index (χ1) is 4.46. The summed E-state index contributed by atoms with van der Waals surface area (Å²) in [6.07, 6.45) is -8.60. The van der Waals surface area contributed by atoms with Crippen molar-refractivity contribution in [2.24, 2.45) is 0 Å². The van der Waals surface area contributed by atoms with Gasteiger partial charge in [-0.05, 0) is 13.8 Å². The second-order valence-electron chi connectivity index (χ2n) is 2.24. The van der Waals surface area contributed by atoms with Gasteiger partial charge in [0.2, 0.25) is 0 Å². The lowest BCUT2D eigenvalue weighted by atomic mass is 10.1. The number of alkyl halides is 4. The van der Waals surface area contributed by atoms with Crippen LogP contribution in [0.25, 0.3) is 0 Å². The van der Waals surface area contributed by atoms with Gasteiger partial charge in [0.1, 0.15) is 12.3 Å². The van der Waals surface area contributed by atoms with Gasteiger partial charge in [0.25, 0.3) is 0 Å². The first-order valence-electron chi connectivity index (χ1n) is 3.03. The highest BCUT2D eigenvalue weighted by atomic mass is 19.2. The maximum Gasteiger partial charge on any atom is 0.165 e. The van der Waals surface area contributed by atoms with Crippen LogP contribution in [0.1, 0.15) is 13.8 Å². The van der Waals surface area contributed by atoms with Crippen molar-refractivity contribution in [1.82, 2.24) is 0 Å². The highest BCUT2D eigenvalue weighted by molar-refractivity contribution is 4.77. The molecule has 0 bridgehead atoms. The Morgan fingerprint density at radius 1 is 0.700 bits per heavy atom. The SMILES string of the molecule is C[C@@H](F)[C@H](F)[C@@H](F)[C@@H](C)F. The molecule has 0 saturated heterocycles. The quantitative estimate of drug-likeness (QED) is 0.553. The number of hydrogen-bond donors (Lipinski definition) is 0. The van der Waals surface area contributed by atoms with E-state index in [1.165, 1.54) is 0 Å². The summed E-state index contributed by atoms with van der Waals surface area (Å²) in [6, 6.07) is 0. The molecule has 0 aromatic heterocycles. The molecule has 0 aliphatic carbocycles. The maximum atomic E-state index is 12.2. The van der Waals surface area contributed by atoms with E-state index in [4.69, 9.17) is 0 Å². The Hall–Kier alpha value is -0.280. The molecule has 0 spiro atoms. The van der Waals surface area contributed by atoms with Gasteiger partial charge >= 0.3 is 0 Å². The first-order valence-corrected chi connectivity index (χ1v) is 3.03. The molecule has 0 unspecified atom stereocenters. The zero-order valence-corrected chi connectivity index (χ0v) is 5.82. The Labute approximate surface area is 57.2 Å². The third kappa shape index (κ3) is 2.54.